The number of aliphatic hydroxyl groups is 1. The molecule has 0 unspecified atom stereocenters. The SMILES string of the molecule is CC(C)(O)c1cnc(OC2CC2)c2cnc(Cl)cc12. The van der Waals surface area contributed by atoms with E-state index >= 15 is 0 Å². The van der Waals surface area contributed by atoms with E-state index in [9.17, 15) is 5.11 Å². The van der Waals surface area contributed by atoms with Crippen LogP contribution < -0.4 is 4.74 Å². The van der Waals surface area contributed by atoms with E-state index in [-0.39, 0.29) is 6.10 Å². The molecule has 0 spiro atoms. The molecule has 1 N–H and O–H groups in total. The number of ether oxygens (including phenoxy) is 1. The van der Waals surface area contributed by atoms with Crippen molar-refractivity contribution >= 4 is 22.4 Å². The molecule has 1 fully saturated rings. The first-order valence-electron chi connectivity index (χ1n) is 6.29. The van der Waals surface area contributed by atoms with Crippen molar-refractivity contribution < 1.29 is 9.84 Å². The Morgan fingerprint density at radius 2 is 2.00 bits per heavy atom. The first-order valence-corrected chi connectivity index (χ1v) is 6.67. The highest BCUT2D eigenvalue weighted by Gasteiger charge is 2.27. The highest BCUT2D eigenvalue weighted by Crippen LogP contribution is 2.35. The average Bonchev–Trinajstić information content (AvgIpc) is 3.11. The summed E-state index contributed by atoms with van der Waals surface area (Å²) < 4.78 is 5.77. The molecule has 2 heterocycles. The molecule has 0 amide bonds. The lowest BCUT2D eigenvalue weighted by molar-refractivity contribution is 0.0797. The van der Waals surface area contributed by atoms with Crippen molar-refractivity contribution in [2.45, 2.75) is 38.4 Å². The molecule has 100 valence electrons. The number of fused-ring (bicyclic) bond motifs is 1. The summed E-state index contributed by atoms with van der Waals surface area (Å²) >= 11 is 5.96. The maximum atomic E-state index is 10.2. The highest BCUT2D eigenvalue weighted by atomic mass is 35.5. The van der Waals surface area contributed by atoms with Crippen LogP contribution in [-0.4, -0.2) is 21.2 Å². The molecule has 2 aromatic rings. The highest BCUT2D eigenvalue weighted by molar-refractivity contribution is 6.30. The maximum absolute atomic E-state index is 10.2. The van der Waals surface area contributed by atoms with E-state index in [4.69, 9.17) is 16.3 Å². The van der Waals surface area contributed by atoms with Gasteiger partial charge in [0.15, 0.2) is 0 Å². The first-order chi connectivity index (χ1) is 8.95. The normalized spacial score (nSPS) is 15.8. The zero-order chi connectivity index (χ0) is 13.6. The third kappa shape index (κ3) is 2.51. The smallest absolute Gasteiger partial charge is 0.223 e. The van der Waals surface area contributed by atoms with Crippen molar-refractivity contribution in [1.82, 2.24) is 9.97 Å². The minimum atomic E-state index is -0.992. The van der Waals surface area contributed by atoms with E-state index in [2.05, 4.69) is 9.97 Å². The van der Waals surface area contributed by atoms with Gasteiger partial charge in [0.05, 0.1) is 11.0 Å². The standard InChI is InChI=1S/C14H15ClN2O2/c1-14(2,18)11-7-17-13(19-8-3-4-8)10-6-16-12(15)5-9(10)11/h5-8,18H,3-4H2,1-2H3. The number of aromatic nitrogens is 2. The van der Waals surface area contributed by atoms with Crippen molar-refractivity contribution in [1.29, 1.82) is 0 Å². The fourth-order valence-corrected chi connectivity index (χ4v) is 2.17. The van der Waals surface area contributed by atoms with Crippen LogP contribution in [0.25, 0.3) is 10.8 Å². The average molecular weight is 279 g/mol. The molecule has 2 aromatic heterocycles. The molecule has 0 atom stereocenters. The van der Waals surface area contributed by atoms with Gasteiger partial charge in [-0.15, -0.1) is 0 Å². The van der Waals surface area contributed by atoms with Gasteiger partial charge in [-0.25, -0.2) is 9.97 Å². The van der Waals surface area contributed by atoms with Gasteiger partial charge in [0.1, 0.15) is 11.3 Å². The van der Waals surface area contributed by atoms with Gasteiger partial charge in [-0.2, -0.15) is 0 Å². The molecule has 1 aliphatic rings. The minimum Gasteiger partial charge on any atom is -0.474 e. The topological polar surface area (TPSA) is 55.2 Å². The van der Waals surface area contributed by atoms with Crippen LogP contribution in [0.5, 0.6) is 5.88 Å². The van der Waals surface area contributed by atoms with Gasteiger partial charge in [0.2, 0.25) is 5.88 Å². The number of rotatable bonds is 3. The number of pyridine rings is 2. The predicted octanol–water partition coefficient (Wildman–Crippen LogP) is 3.05. The molecular weight excluding hydrogens is 264 g/mol. The molecule has 0 saturated heterocycles. The Bertz CT molecular complexity index is 633. The number of nitrogens with zero attached hydrogens (tertiary/aromatic N) is 2. The van der Waals surface area contributed by atoms with Gasteiger partial charge in [-0.05, 0) is 38.1 Å². The van der Waals surface area contributed by atoms with E-state index in [0.717, 1.165) is 29.2 Å². The Morgan fingerprint density at radius 1 is 1.26 bits per heavy atom. The van der Waals surface area contributed by atoms with Crippen LogP contribution in [0.2, 0.25) is 5.15 Å². The van der Waals surface area contributed by atoms with Crippen LogP contribution >= 0.6 is 11.6 Å². The van der Waals surface area contributed by atoms with Crippen molar-refractivity contribution in [3.05, 3.63) is 29.2 Å². The summed E-state index contributed by atoms with van der Waals surface area (Å²) in [4.78, 5) is 8.40. The Kier molecular flexibility index (Phi) is 2.87. The van der Waals surface area contributed by atoms with Crippen LogP contribution in [0.15, 0.2) is 18.5 Å². The van der Waals surface area contributed by atoms with E-state index < -0.39 is 5.60 Å². The summed E-state index contributed by atoms with van der Waals surface area (Å²) in [5, 5.41) is 12.2. The van der Waals surface area contributed by atoms with Gasteiger partial charge in [-0.3, -0.25) is 0 Å². The summed E-state index contributed by atoms with van der Waals surface area (Å²) in [6.07, 6.45) is 5.70. The van der Waals surface area contributed by atoms with Crippen LogP contribution in [0.4, 0.5) is 0 Å². The zero-order valence-electron chi connectivity index (χ0n) is 10.9. The number of halogens is 1. The van der Waals surface area contributed by atoms with Gasteiger partial charge >= 0.3 is 0 Å². The lowest BCUT2D eigenvalue weighted by atomic mass is 9.95. The van der Waals surface area contributed by atoms with Crippen molar-refractivity contribution in [3.8, 4) is 5.88 Å². The largest absolute Gasteiger partial charge is 0.474 e. The molecule has 1 aliphatic carbocycles. The first kappa shape index (κ1) is 12.6. The quantitative estimate of drug-likeness (QED) is 0.877. The van der Waals surface area contributed by atoms with E-state index in [1.165, 1.54) is 0 Å². The number of hydrogen-bond acceptors (Lipinski definition) is 4. The molecule has 0 bridgehead atoms. The molecule has 0 radical (unpaired) electrons. The van der Waals surface area contributed by atoms with Crippen LogP contribution in [-0.2, 0) is 5.60 Å². The summed E-state index contributed by atoms with van der Waals surface area (Å²) in [6, 6.07) is 1.74. The number of hydrogen-bond donors (Lipinski definition) is 1. The molecule has 3 rings (SSSR count). The molecule has 0 aromatic carbocycles. The Labute approximate surface area is 116 Å². The maximum Gasteiger partial charge on any atom is 0.223 e. The van der Waals surface area contributed by atoms with Crippen molar-refractivity contribution in [2.24, 2.45) is 0 Å². The Hall–Kier alpha value is -1.39. The fourth-order valence-electron chi connectivity index (χ4n) is 2.01. The van der Waals surface area contributed by atoms with E-state index in [0.29, 0.717) is 11.0 Å². The van der Waals surface area contributed by atoms with E-state index in [1.807, 2.05) is 0 Å². The van der Waals surface area contributed by atoms with Crippen molar-refractivity contribution in [3.63, 3.8) is 0 Å². The minimum absolute atomic E-state index is 0.263. The third-order valence-corrected chi connectivity index (χ3v) is 3.37. The third-order valence-electron chi connectivity index (χ3n) is 3.16. The molecular formula is C14H15ClN2O2. The lowest BCUT2D eigenvalue weighted by Gasteiger charge is -2.20. The molecule has 19 heavy (non-hydrogen) atoms. The van der Waals surface area contributed by atoms with Crippen LogP contribution in [0.3, 0.4) is 0 Å². The predicted molar refractivity (Wildman–Crippen MR) is 73.4 cm³/mol. The van der Waals surface area contributed by atoms with Gasteiger partial charge < -0.3 is 9.84 Å². The second kappa shape index (κ2) is 4.32. The fraction of sp³-hybridized carbons (Fsp3) is 0.429. The summed E-state index contributed by atoms with van der Waals surface area (Å²) in [5.41, 5.74) is -0.274. The lowest BCUT2D eigenvalue weighted by Crippen LogP contribution is -2.17. The van der Waals surface area contributed by atoms with Crippen LogP contribution in [0.1, 0.15) is 32.3 Å². The van der Waals surface area contributed by atoms with Crippen molar-refractivity contribution in [2.75, 3.05) is 0 Å². The van der Waals surface area contributed by atoms with Crippen LogP contribution in [0, 0.1) is 0 Å². The second-order valence-electron chi connectivity index (χ2n) is 5.41. The molecule has 5 heteroatoms. The molecule has 1 saturated carbocycles. The van der Waals surface area contributed by atoms with Gasteiger partial charge in [0.25, 0.3) is 0 Å². The van der Waals surface area contributed by atoms with Gasteiger partial charge in [0, 0.05) is 18.0 Å². The second-order valence-corrected chi connectivity index (χ2v) is 5.79. The summed E-state index contributed by atoms with van der Waals surface area (Å²) in [7, 11) is 0. The Morgan fingerprint density at radius 3 is 2.63 bits per heavy atom. The monoisotopic (exact) mass is 278 g/mol. The molecule has 0 aliphatic heterocycles. The van der Waals surface area contributed by atoms with E-state index in [1.54, 1.807) is 32.3 Å². The summed E-state index contributed by atoms with van der Waals surface area (Å²) in [6.45, 7) is 3.44. The Balaban J connectivity index is 2.21. The zero-order valence-corrected chi connectivity index (χ0v) is 11.6. The van der Waals surface area contributed by atoms with Gasteiger partial charge in [-0.1, -0.05) is 11.6 Å². The molecule has 4 nitrogen and oxygen atoms in total. The summed E-state index contributed by atoms with van der Waals surface area (Å²) in [5.74, 6) is 0.565.